The van der Waals surface area contributed by atoms with E-state index < -0.39 is 11.9 Å². The normalized spacial score (nSPS) is 12.4. The van der Waals surface area contributed by atoms with E-state index in [1.165, 1.54) is 0 Å². The molecule has 0 heterocycles. The maximum atomic E-state index is 11.6. The quantitative estimate of drug-likeness (QED) is 0.480. The van der Waals surface area contributed by atoms with Gasteiger partial charge in [-0.2, -0.15) is 0 Å². The third kappa shape index (κ3) is 6.50. The van der Waals surface area contributed by atoms with Crippen LogP contribution in [0.1, 0.15) is 36.1 Å². The van der Waals surface area contributed by atoms with Crippen molar-refractivity contribution in [3.63, 3.8) is 0 Å². The van der Waals surface area contributed by atoms with Crippen LogP contribution in [0.3, 0.4) is 0 Å². The van der Waals surface area contributed by atoms with Crippen molar-refractivity contribution in [3.05, 3.63) is 88.5 Å². The number of aliphatic carboxylic acids is 2. The number of nitrogens with zero attached hydrogens (tertiary/aromatic N) is 1. The number of ether oxygens (including phenoxy) is 2. The number of rotatable bonds is 10. The van der Waals surface area contributed by atoms with Gasteiger partial charge in [0.05, 0.1) is 26.1 Å². The Labute approximate surface area is 211 Å². The molecule has 188 valence electrons. The molecule has 0 aliphatic heterocycles. The highest BCUT2D eigenvalue weighted by atomic mass is 16.5. The highest BCUT2D eigenvalue weighted by Crippen LogP contribution is 2.35. The average Bonchev–Trinajstić information content (AvgIpc) is 2.82. The Morgan fingerprint density at radius 2 is 1.19 bits per heavy atom. The summed E-state index contributed by atoms with van der Waals surface area (Å²) in [5, 5.41) is 18.9. The van der Waals surface area contributed by atoms with Gasteiger partial charge in [-0.15, -0.1) is 0 Å². The molecule has 2 aromatic rings. The van der Waals surface area contributed by atoms with E-state index in [0.717, 1.165) is 28.0 Å². The fraction of sp³-hybridized carbons (Fsp3) is 0.276. The first-order chi connectivity index (χ1) is 17.2. The fourth-order valence-electron chi connectivity index (χ4n) is 4.09. The van der Waals surface area contributed by atoms with E-state index in [2.05, 4.69) is 0 Å². The van der Waals surface area contributed by atoms with Crippen molar-refractivity contribution in [1.82, 2.24) is 0 Å². The van der Waals surface area contributed by atoms with Crippen molar-refractivity contribution < 1.29 is 33.9 Å². The maximum absolute atomic E-state index is 11.6. The van der Waals surface area contributed by atoms with E-state index in [9.17, 15) is 19.8 Å². The summed E-state index contributed by atoms with van der Waals surface area (Å²) in [5.74, 6) is -0.835. The van der Waals surface area contributed by atoms with Crippen LogP contribution in [0.2, 0.25) is 0 Å². The van der Waals surface area contributed by atoms with E-state index in [1.807, 2.05) is 81.1 Å². The van der Waals surface area contributed by atoms with Gasteiger partial charge in [0.25, 0.3) is 0 Å². The number of allylic oxidation sites excluding steroid dienone is 5. The van der Waals surface area contributed by atoms with Gasteiger partial charge in [-0.25, -0.2) is 4.58 Å². The van der Waals surface area contributed by atoms with Crippen LogP contribution in [0, 0.1) is 0 Å². The first-order valence-electron chi connectivity index (χ1n) is 11.8. The fourth-order valence-corrected chi connectivity index (χ4v) is 4.09. The summed E-state index contributed by atoms with van der Waals surface area (Å²) in [4.78, 5) is 23.1. The van der Waals surface area contributed by atoms with Crippen LogP contribution >= 0.6 is 0 Å². The van der Waals surface area contributed by atoms with Crippen LogP contribution in [-0.4, -0.2) is 59.7 Å². The number of hydrogen-bond acceptors (Lipinski definition) is 4. The molecule has 0 amide bonds. The molecule has 0 saturated carbocycles. The molecule has 0 saturated heterocycles. The molecular weight excluding hydrogens is 458 g/mol. The van der Waals surface area contributed by atoms with Crippen molar-refractivity contribution in [1.29, 1.82) is 0 Å². The van der Waals surface area contributed by atoms with Crippen molar-refractivity contribution in [3.8, 4) is 11.5 Å². The predicted octanol–water partition coefficient (Wildman–Crippen LogP) is 4.38. The molecule has 3 rings (SSSR count). The third-order valence-electron chi connectivity index (χ3n) is 5.65. The summed E-state index contributed by atoms with van der Waals surface area (Å²) < 4.78 is 13.4. The zero-order valence-electron chi connectivity index (χ0n) is 21.1. The molecule has 7 heteroatoms. The minimum Gasteiger partial charge on any atom is -0.494 e. The van der Waals surface area contributed by atoms with Crippen LogP contribution < -0.4 is 9.47 Å². The lowest BCUT2D eigenvalue weighted by Gasteiger charge is -2.18. The largest absolute Gasteiger partial charge is 0.494 e. The van der Waals surface area contributed by atoms with Crippen LogP contribution in [0.5, 0.6) is 11.5 Å². The Morgan fingerprint density at radius 1 is 0.750 bits per heavy atom. The molecule has 0 fully saturated rings. The minimum absolute atomic E-state index is 0.177. The predicted molar refractivity (Wildman–Crippen MR) is 139 cm³/mol. The van der Waals surface area contributed by atoms with E-state index in [-0.39, 0.29) is 12.8 Å². The molecule has 1 aliphatic carbocycles. The van der Waals surface area contributed by atoms with Crippen molar-refractivity contribution in [2.24, 2.45) is 0 Å². The second-order valence-corrected chi connectivity index (χ2v) is 8.47. The highest BCUT2D eigenvalue weighted by molar-refractivity contribution is 6.04. The minimum atomic E-state index is -0.949. The van der Waals surface area contributed by atoms with Gasteiger partial charge in [-0.3, -0.25) is 9.59 Å². The summed E-state index contributed by atoms with van der Waals surface area (Å²) in [5.41, 5.74) is 5.55. The first-order valence-corrected chi connectivity index (χ1v) is 11.8. The molecular formula is C29H32NO6+. The summed E-state index contributed by atoms with van der Waals surface area (Å²) >= 11 is 0. The first kappa shape index (κ1) is 26.5. The van der Waals surface area contributed by atoms with E-state index in [0.29, 0.717) is 35.8 Å². The number of benzene rings is 2. The molecule has 0 radical (unpaired) electrons. The summed E-state index contributed by atoms with van der Waals surface area (Å²) in [6, 6.07) is 11.1. The van der Waals surface area contributed by atoms with E-state index in [4.69, 9.17) is 9.47 Å². The zero-order valence-corrected chi connectivity index (χ0v) is 21.1. The highest BCUT2D eigenvalue weighted by Gasteiger charge is 2.18. The lowest BCUT2D eigenvalue weighted by atomic mass is 9.88. The number of carboxylic acid groups (broad SMARTS) is 2. The molecule has 2 aromatic carbocycles. The number of carboxylic acids is 2. The Hall–Kier alpha value is -4.13. The van der Waals surface area contributed by atoms with Gasteiger partial charge >= 0.3 is 11.9 Å². The van der Waals surface area contributed by atoms with Gasteiger partial charge in [-0.1, -0.05) is 12.1 Å². The molecule has 0 spiro atoms. The van der Waals surface area contributed by atoms with Crippen LogP contribution in [0.4, 0.5) is 0 Å². The Kier molecular flexibility index (Phi) is 8.84. The third-order valence-corrected chi connectivity index (χ3v) is 5.65. The van der Waals surface area contributed by atoms with Gasteiger partial charge in [0.15, 0.2) is 5.71 Å². The molecule has 0 bridgehead atoms. The van der Waals surface area contributed by atoms with Crippen LogP contribution in [0.25, 0.3) is 5.57 Å². The molecule has 1 aliphatic rings. The molecule has 0 aromatic heterocycles. The Balaban J connectivity index is 2.26. The standard InChI is InChI=1S/C29H31NO6/c1-5-35-25-13-9-20(15-22(25)17-27(31)32)29(19-7-11-24(12-8-19)30(3)4)21-10-14-26(36-6-2)23(16-21)18-28(33)34/h7-16H,5-6,17-18H2,1-4H3,(H-,31,32,33,34)/p+1. The van der Waals surface area contributed by atoms with Gasteiger partial charge in [0, 0.05) is 23.3 Å². The monoisotopic (exact) mass is 490 g/mol. The summed E-state index contributed by atoms with van der Waals surface area (Å²) in [7, 11) is 3.93. The smallest absolute Gasteiger partial charge is 0.307 e. The van der Waals surface area contributed by atoms with Gasteiger partial charge in [0.2, 0.25) is 0 Å². The Morgan fingerprint density at radius 3 is 1.56 bits per heavy atom. The average molecular weight is 491 g/mol. The maximum Gasteiger partial charge on any atom is 0.307 e. The lowest BCUT2D eigenvalue weighted by molar-refractivity contribution is -0.462. The van der Waals surface area contributed by atoms with Crippen LogP contribution in [-0.2, 0) is 22.4 Å². The zero-order chi connectivity index (χ0) is 26.2. The lowest BCUT2D eigenvalue weighted by Crippen LogP contribution is -2.10. The Bertz CT molecular complexity index is 1190. The molecule has 36 heavy (non-hydrogen) atoms. The molecule has 0 atom stereocenters. The van der Waals surface area contributed by atoms with E-state index >= 15 is 0 Å². The van der Waals surface area contributed by atoms with E-state index in [1.54, 1.807) is 12.1 Å². The van der Waals surface area contributed by atoms with Crippen molar-refractivity contribution in [2.75, 3.05) is 27.3 Å². The van der Waals surface area contributed by atoms with Crippen molar-refractivity contribution >= 4 is 23.2 Å². The second-order valence-electron chi connectivity index (χ2n) is 8.47. The molecule has 7 nitrogen and oxygen atoms in total. The number of hydrogen-bond donors (Lipinski definition) is 2. The topological polar surface area (TPSA) is 96.1 Å². The summed E-state index contributed by atoms with van der Waals surface area (Å²) in [6.07, 6.45) is 7.67. The van der Waals surface area contributed by atoms with Gasteiger partial charge in [-0.05, 0) is 72.5 Å². The molecule has 2 N–H and O–H groups in total. The molecule has 0 unspecified atom stereocenters. The SMILES string of the molecule is CCOc1ccc(C(=C2C=CC(=[N+](C)C)C=C2)c2ccc(OCC)c(CC(=O)O)c2)cc1CC(=O)O. The number of carbonyl (C=O) groups is 2. The van der Waals surface area contributed by atoms with Crippen LogP contribution in [0.15, 0.2) is 66.3 Å². The second kappa shape index (κ2) is 12.0. The van der Waals surface area contributed by atoms with Gasteiger partial charge in [0.1, 0.15) is 25.6 Å². The van der Waals surface area contributed by atoms with Crippen molar-refractivity contribution in [2.45, 2.75) is 26.7 Å². The summed E-state index contributed by atoms with van der Waals surface area (Å²) in [6.45, 7) is 4.55. The van der Waals surface area contributed by atoms with Gasteiger partial charge < -0.3 is 19.7 Å².